The first kappa shape index (κ1) is 14.9. The van der Waals surface area contributed by atoms with Crippen molar-refractivity contribution in [2.45, 2.75) is 76.8 Å². The van der Waals surface area contributed by atoms with Crippen LogP contribution in [0.15, 0.2) is 35.1 Å². The van der Waals surface area contributed by atoms with Gasteiger partial charge in [-0.3, -0.25) is 0 Å². The zero-order valence-corrected chi connectivity index (χ0v) is 13.5. The summed E-state index contributed by atoms with van der Waals surface area (Å²) in [6.07, 6.45) is 19.0. The van der Waals surface area contributed by atoms with Crippen LogP contribution in [-0.4, -0.2) is 18.6 Å². The number of nitrogens with one attached hydrogen (secondary N) is 2. The van der Waals surface area contributed by atoms with Gasteiger partial charge in [0.2, 0.25) is 0 Å². The molecule has 0 aliphatic heterocycles. The average Bonchev–Trinajstić information content (AvgIpc) is 2.77. The molecule has 1 saturated carbocycles. The third-order valence-corrected chi connectivity index (χ3v) is 5.10. The van der Waals surface area contributed by atoms with Crippen LogP contribution in [0.2, 0.25) is 0 Å². The van der Waals surface area contributed by atoms with E-state index < -0.39 is 0 Å². The van der Waals surface area contributed by atoms with E-state index in [1.807, 2.05) is 0 Å². The summed E-state index contributed by atoms with van der Waals surface area (Å²) < 4.78 is 0. The Kier molecular flexibility index (Phi) is 5.18. The SMILES string of the molecule is CCNC1CC=CC2=C1C(NC1CCCCCC1)=CCC2. The van der Waals surface area contributed by atoms with Crippen LogP contribution in [0.4, 0.5) is 0 Å². The van der Waals surface area contributed by atoms with Gasteiger partial charge < -0.3 is 10.6 Å². The standard InChI is InChI=1S/C19H30N2/c1-2-20-17-13-7-9-15-10-8-14-18(19(15)17)21-16-11-5-3-4-6-12-16/h7,9,14,16-17,20-21H,2-6,8,10-13H2,1H3. The molecule has 0 heterocycles. The van der Waals surface area contributed by atoms with Gasteiger partial charge in [-0.05, 0) is 49.8 Å². The summed E-state index contributed by atoms with van der Waals surface area (Å²) >= 11 is 0. The molecule has 0 aromatic carbocycles. The van der Waals surface area contributed by atoms with Crippen molar-refractivity contribution < 1.29 is 0 Å². The first-order valence-electron chi connectivity index (χ1n) is 8.98. The Labute approximate surface area is 129 Å². The number of hydrogen-bond acceptors (Lipinski definition) is 2. The molecule has 116 valence electrons. The van der Waals surface area contributed by atoms with Gasteiger partial charge in [0.05, 0.1) is 0 Å². The Balaban J connectivity index is 1.75. The number of likely N-dealkylation sites (N-methyl/N-ethyl adjacent to an activating group) is 1. The van der Waals surface area contributed by atoms with E-state index in [0.29, 0.717) is 12.1 Å². The van der Waals surface area contributed by atoms with Crippen LogP contribution in [0, 0.1) is 0 Å². The molecule has 0 spiro atoms. The van der Waals surface area contributed by atoms with Crippen molar-refractivity contribution in [1.29, 1.82) is 0 Å². The lowest BCUT2D eigenvalue weighted by Gasteiger charge is -2.33. The predicted molar refractivity (Wildman–Crippen MR) is 90.2 cm³/mol. The van der Waals surface area contributed by atoms with Crippen LogP contribution in [0.1, 0.15) is 64.7 Å². The summed E-state index contributed by atoms with van der Waals surface area (Å²) in [6, 6.07) is 1.21. The minimum atomic E-state index is 0.514. The predicted octanol–water partition coefficient (Wildman–Crippen LogP) is 4.21. The third kappa shape index (κ3) is 3.60. The van der Waals surface area contributed by atoms with Crippen molar-refractivity contribution in [1.82, 2.24) is 10.6 Å². The maximum atomic E-state index is 3.91. The van der Waals surface area contributed by atoms with Gasteiger partial charge in [-0.1, -0.05) is 50.8 Å². The molecule has 1 atom stereocenters. The molecule has 0 radical (unpaired) electrons. The molecule has 1 fully saturated rings. The number of rotatable bonds is 4. The van der Waals surface area contributed by atoms with E-state index in [1.54, 1.807) is 11.1 Å². The van der Waals surface area contributed by atoms with Gasteiger partial charge in [-0.25, -0.2) is 0 Å². The summed E-state index contributed by atoms with van der Waals surface area (Å²) in [5.41, 5.74) is 4.57. The van der Waals surface area contributed by atoms with Crippen LogP contribution in [0.3, 0.4) is 0 Å². The van der Waals surface area contributed by atoms with Crippen molar-refractivity contribution in [2.75, 3.05) is 6.54 Å². The van der Waals surface area contributed by atoms with Gasteiger partial charge in [-0.15, -0.1) is 0 Å². The Morgan fingerprint density at radius 1 is 1.14 bits per heavy atom. The lowest BCUT2D eigenvalue weighted by Crippen LogP contribution is -2.39. The lowest BCUT2D eigenvalue weighted by molar-refractivity contribution is 0.488. The molecule has 0 bridgehead atoms. The van der Waals surface area contributed by atoms with Crippen LogP contribution in [-0.2, 0) is 0 Å². The zero-order valence-electron chi connectivity index (χ0n) is 13.5. The fourth-order valence-electron chi connectivity index (χ4n) is 4.05. The molecule has 1 unspecified atom stereocenters. The largest absolute Gasteiger partial charge is 0.382 e. The maximum Gasteiger partial charge on any atom is 0.0378 e. The van der Waals surface area contributed by atoms with Gasteiger partial charge in [0.15, 0.2) is 0 Å². The van der Waals surface area contributed by atoms with Crippen molar-refractivity contribution in [3.05, 3.63) is 35.1 Å². The van der Waals surface area contributed by atoms with E-state index >= 15 is 0 Å². The van der Waals surface area contributed by atoms with Crippen LogP contribution < -0.4 is 10.6 Å². The molecule has 3 aliphatic rings. The second-order valence-electron chi connectivity index (χ2n) is 6.68. The molecule has 21 heavy (non-hydrogen) atoms. The smallest absolute Gasteiger partial charge is 0.0378 e. The highest BCUT2D eigenvalue weighted by molar-refractivity contribution is 5.48. The molecule has 0 aromatic heterocycles. The Hall–Kier alpha value is -1.02. The average molecular weight is 286 g/mol. The second-order valence-corrected chi connectivity index (χ2v) is 6.68. The fraction of sp³-hybridized carbons (Fsp3) is 0.684. The summed E-state index contributed by atoms with van der Waals surface area (Å²) in [6.45, 7) is 3.26. The van der Waals surface area contributed by atoms with Crippen LogP contribution in [0.5, 0.6) is 0 Å². The third-order valence-electron chi connectivity index (χ3n) is 5.10. The van der Waals surface area contributed by atoms with Crippen molar-refractivity contribution >= 4 is 0 Å². The lowest BCUT2D eigenvalue weighted by atomic mass is 9.84. The van der Waals surface area contributed by atoms with E-state index in [0.717, 1.165) is 13.0 Å². The van der Waals surface area contributed by atoms with Gasteiger partial charge in [0.25, 0.3) is 0 Å². The maximum absolute atomic E-state index is 3.91. The molecule has 3 rings (SSSR count). The van der Waals surface area contributed by atoms with E-state index in [2.05, 4.69) is 35.8 Å². The molecule has 0 saturated heterocycles. The molecular weight excluding hydrogens is 256 g/mol. The van der Waals surface area contributed by atoms with Gasteiger partial charge in [0, 0.05) is 17.8 Å². The Bertz CT molecular complexity index is 436. The van der Waals surface area contributed by atoms with Gasteiger partial charge in [0.1, 0.15) is 0 Å². The van der Waals surface area contributed by atoms with Gasteiger partial charge in [-0.2, -0.15) is 0 Å². The molecular formula is C19H30N2. The second kappa shape index (κ2) is 7.31. The summed E-state index contributed by atoms with van der Waals surface area (Å²) in [5.74, 6) is 0. The van der Waals surface area contributed by atoms with E-state index in [1.165, 1.54) is 57.1 Å². The Morgan fingerprint density at radius 2 is 1.95 bits per heavy atom. The topological polar surface area (TPSA) is 24.1 Å². The first-order valence-corrected chi connectivity index (χ1v) is 8.98. The van der Waals surface area contributed by atoms with E-state index in [4.69, 9.17) is 0 Å². The normalized spacial score (nSPS) is 27.1. The fourth-order valence-corrected chi connectivity index (χ4v) is 4.05. The van der Waals surface area contributed by atoms with Crippen molar-refractivity contribution in [3.8, 4) is 0 Å². The van der Waals surface area contributed by atoms with Crippen LogP contribution >= 0.6 is 0 Å². The van der Waals surface area contributed by atoms with E-state index in [9.17, 15) is 0 Å². The highest BCUT2D eigenvalue weighted by Crippen LogP contribution is 2.33. The number of hydrogen-bond donors (Lipinski definition) is 2. The summed E-state index contributed by atoms with van der Waals surface area (Å²) in [7, 11) is 0. The quantitative estimate of drug-likeness (QED) is 0.756. The zero-order chi connectivity index (χ0) is 14.5. The molecule has 3 aliphatic carbocycles. The monoisotopic (exact) mass is 286 g/mol. The molecule has 0 aromatic rings. The minimum absolute atomic E-state index is 0.514. The highest BCUT2D eigenvalue weighted by Gasteiger charge is 2.26. The highest BCUT2D eigenvalue weighted by atomic mass is 15.0. The Morgan fingerprint density at radius 3 is 2.71 bits per heavy atom. The first-order chi connectivity index (χ1) is 10.4. The summed E-state index contributed by atoms with van der Waals surface area (Å²) in [4.78, 5) is 0. The van der Waals surface area contributed by atoms with Gasteiger partial charge >= 0.3 is 0 Å². The number of allylic oxidation sites excluding steroid dienone is 3. The molecule has 2 N–H and O–H groups in total. The molecule has 0 amide bonds. The van der Waals surface area contributed by atoms with E-state index in [-0.39, 0.29) is 0 Å². The molecule has 2 nitrogen and oxygen atoms in total. The van der Waals surface area contributed by atoms with Crippen molar-refractivity contribution in [3.63, 3.8) is 0 Å². The summed E-state index contributed by atoms with van der Waals surface area (Å²) in [5, 5.41) is 7.59. The van der Waals surface area contributed by atoms with Crippen molar-refractivity contribution in [2.24, 2.45) is 0 Å². The molecule has 2 heteroatoms. The minimum Gasteiger partial charge on any atom is -0.382 e. The van der Waals surface area contributed by atoms with Crippen LogP contribution in [0.25, 0.3) is 0 Å².